The highest BCUT2D eigenvalue weighted by atomic mass is 35.5. The molecule has 11 heteroatoms. The fourth-order valence-corrected chi connectivity index (χ4v) is 4.38. The molecule has 0 spiro atoms. The molecule has 33 heavy (non-hydrogen) atoms. The molecular weight excluding hydrogens is 468 g/mol. The molecule has 0 fully saturated rings. The van der Waals surface area contributed by atoms with Gasteiger partial charge in [-0.1, -0.05) is 28.4 Å². The number of imidazole rings is 1. The predicted octanol–water partition coefficient (Wildman–Crippen LogP) is 4.89. The molecule has 3 aromatic heterocycles. The van der Waals surface area contributed by atoms with Crippen LogP contribution in [-0.2, 0) is 0 Å². The van der Waals surface area contributed by atoms with Gasteiger partial charge in [-0.15, -0.1) is 5.10 Å². The summed E-state index contributed by atoms with van der Waals surface area (Å²) >= 11 is 12.3. The zero-order chi connectivity index (χ0) is 22.7. The summed E-state index contributed by atoms with van der Waals surface area (Å²) in [6.45, 7) is 0. The van der Waals surface area contributed by atoms with Crippen LogP contribution < -0.4 is 5.69 Å². The fraction of sp³-hybridized carbons (Fsp3) is 0. The number of halogens is 3. The highest BCUT2D eigenvalue weighted by Crippen LogP contribution is 2.30. The summed E-state index contributed by atoms with van der Waals surface area (Å²) in [7, 11) is 0. The van der Waals surface area contributed by atoms with Crippen molar-refractivity contribution in [3.63, 3.8) is 0 Å². The van der Waals surface area contributed by atoms with E-state index in [0.29, 0.717) is 49.2 Å². The number of nitrogens with zero attached hydrogens (tertiary/aromatic N) is 5. The number of hydrogen-bond acceptors (Lipinski definition) is 4. The monoisotopic (exact) mass is 479 g/mol. The minimum Gasteiger partial charge on any atom is -0.306 e. The van der Waals surface area contributed by atoms with Crippen molar-refractivity contribution >= 4 is 45.3 Å². The predicted molar refractivity (Wildman–Crippen MR) is 124 cm³/mol. The maximum atomic E-state index is 15.0. The van der Waals surface area contributed by atoms with Gasteiger partial charge in [0.15, 0.2) is 5.82 Å². The highest BCUT2D eigenvalue weighted by Gasteiger charge is 2.17. The molecule has 2 N–H and O–H groups in total. The largest absolute Gasteiger partial charge is 0.323 e. The third-order valence-corrected chi connectivity index (χ3v) is 5.72. The number of rotatable bonds is 3. The molecule has 3 aromatic carbocycles. The SMILES string of the molecule is O=c1[nH]c2ccc(-n3nnc4c(F)cc(-c5ccnn5-c5cc(Cl)cc(Cl)c5)cc43)cc2[nH]1. The first kappa shape index (κ1) is 19.7. The number of benzene rings is 3. The molecule has 6 rings (SSSR count). The van der Waals surface area contributed by atoms with E-state index in [2.05, 4.69) is 25.4 Å². The molecule has 0 atom stereocenters. The minimum absolute atomic E-state index is 0.123. The van der Waals surface area contributed by atoms with Crippen LogP contribution in [0.5, 0.6) is 0 Å². The zero-order valence-electron chi connectivity index (χ0n) is 16.6. The summed E-state index contributed by atoms with van der Waals surface area (Å²) in [6.07, 6.45) is 1.61. The summed E-state index contributed by atoms with van der Waals surface area (Å²) in [6, 6.07) is 15.2. The summed E-state index contributed by atoms with van der Waals surface area (Å²) in [4.78, 5) is 17.0. The second kappa shape index (κ2) is 7.29. The Morgan fingerprint density at radius 1 is 0.848 bits per heavy atom. The highest BCUT2D eigenvalue weighted by molar-refractivity contribution is 6.34. The van der Waals surface area contributed by atoms with E-state index in [9.17, 15) is 4.79 Å². The van der Waals surface area contributed by atoms with Gasteiger partial charge >= 0.3 is 5.69 Å². The molecule has 0 amide bonds. The Kier molecular flexibility index (Phi) is 4.36. The van der Waals surface area contributed by atoms with Gasteiger partial charge in [-0.25, -0.2) is 18.5 Å². The summed E-state index contributed by atoms with van der Waals surface area (Å²) in [5, 5.41) is 13.4. The molecule has 3 heterocycles. The summed E-state index contributed by atoms with van der Waals surface area (Å²) < 4.78 is 18.2. The van der Waals surface area contributed by atoms with Gasteiger partial charge in [0.25, 0.3) is 0 Å². The van der Waals surface area contributed by atoms with Crippen LogP contribution in [0.15, 0.2) is 65.6 Å². The Bertz CT molecular complexity index is 1730. The maximum absolute atomic E-state index is 15.0. The van der Waals surface area contributed by atoms with E-state index >= 15 is 4.39 Å². The lowest BCUT2D eigenvalue weighted by Gasteiger charge is -2.10. The van der Waals surface area contributed by atoms with Crippen LogP contribution in [0.1, 0.15) is 0 Å². The maximum Gasteiger partial charge on any atom is 0.323 e. The van der Waals surface area contributed by atoms with Crippen molar-refractivity contribution in [1.29, 1.82) is 0 Å². The number of fused-ring (bicyclic) bond motifs is 2. The Morgan fingerprint density at radius 3 is 2.45 bits per heavy atom. The van der Waals surface area contributed by atoms with Gasteiger partial charge in [-0.3, -0.25) is 0 Å². The quantitative estimate of drug-likeness (QED) is 0.377. The van der Waals surface area contributed by atoms with Gasteiger partial charge in [-0.2, -0.15) is 5.10 Å². The van der Waals surface area contributed by atoms with Crippen LogP contribution in [0, 0.1) is 5.82 Å². The molecule has 0 aliphatic heterocycles. The number of aromatic nitrogens is 7. The first-order valence-corrected chi connectivity index (χ1v) is 10.5. The second-order valence-corrected chi connectivity index (χ2v) is 8.26. The number of aromatic amines is 2. The Labute approximate surface area is 194 Å². The fourth-order valence-electron chi connectivity index (χ4n) is 3.86. The smallest absolute Gasteiger partial charge is 0.306 e. The first-order chi connectivity index (χ1) is 16.0. The Morgan fingerprint density at radius 2 is 1.64 bits per heavy atom. The van der Waals surface area contributed by atoms with Crippen LogP contribution in [0.3, 0.4) is 0 Å². The standard InChI is InChI=1S/C22H12Cl2FN7O/c23-12-7-13(24)9-15(8-12)31-19(3-4-26-31)11-5-16(25)21-20(6-11)32(30-29-21)14-1-2-17-18(10-14)28-22(33)27-17/h1-10H,(H2,27,28,33). The lowest BCUT2D eigenvalue weighted by molar-refractivity contribution is 0.636. The third kappa shape index (κ3) is 3.29. The second-order valence-electron chi connectivity index (χ2n) is 7.39. The molecule has 8 nitrogen and oxygen atoms in total. The van der Waals surface area contributed by atoms with Crippen molar-refractivity contribution in [2.45, 2.75) is 0 Å². The molecule has 0 radical (unpaired) electrons. The normalized spacial score (nSPS) is 11.6. The zero-order valence-corrected chi connectivity index (χ0v) is 18.1. The van der Waals surface area contributed by atoms with Crippen molar-refractivity contribution in [2.75, 3.05) is 0 Å². The van der Waals surface area contributed by atoms with Crippen LogP contribution in [0.2, 0.25) is 10.0 Å². The average Bonchev–Trinajstić information content (AvgIpc) is 3.49. The van der Waals surface area contributed by atoms with Gasteiger partial charge in [0.05, 0.1) is 39.8 Å². The number of nitrogens with one attached hydrogen (secondary N) is 2. The molecule has 0 unspecified atom stereocenters. The van der Waals surface area contributed by atoms with E-state index in [1.165, 1.54) is 10.7 Å². The number of H-pyrrole nitrogens is 2. The van der Waals surface area contributed by atoms with E-state index in [1.54, 1.807) is 59.4 Å². The third-order valence-electron chi connectivity index (χ3n) is 5.28. The first-order valence-electron chi connectivity index (χ1n) is 9.74. The summed E-state index contributed by atoms with van der Waals surface area (Å²) in [5.41, 5.74) is 3.98. The van der Waals surface area contributed by atoms with Gasteiger partial charge in [0.1, 0.15) is 5.52 Å². The van der Waals surface area contributed by atoms with E-state index in [-0.39, 0.29) is 11.2 Å². The van der Waals surface area contributed by atoms with Gasteiger partial charge in [0, 0.05) is 15.6 Å². The van der Waals surface area contributed by atoms with Crippen LogP contribution in [0.4, 0.5) is 4.39 Å². The summed E-state index contributed by atoms with van der Waals surface area (Å²) in [5.74, 6) is -0.526. The Hall–Kier alpha value is -3.95. The van der Waals surface area contributed by atoms with Crippen LogP contribution >= 0.6 is 23.2 Å². The van der Waals surface area contributed by atoms with E-state index in [1.807, 2.05) is 0 Å². The van der Waals surface area contributed by atoms with E-state index in [4.69, 9.17) is 23.2 Å². The lowest BCUT2D eigenvalue weighted by Crippen LogP contribution is -2.00. The van der Waals surface area contributed by atoms with Gasteiger partial charge in [0.2, 0.25) is 0 Å². The van der Waals surface area contributed by atoms with Crippen molar-refractivity contribution in [3.8, 4) is 22.6 Å². The molecule has 6 aromatic rings. The lowest BCUT2D eigenvalue weighted by atomic mass is 10.1. The minimum atomic E-state index is -0.526. The van der Waals surface area contributed by atoms with E-state index < -0.39 is 5.82 Å². The Balaban J connectivity index is 1.53. The van der Waals surface area contributed by atoms with Crippen LogP contribution in [0.25, 0.3) is 44.7 Å². The number of hydrogen-bond donors (Lipinski definition) is 2. The van der Waals surface area contributed by atoms with Crippen molar-refractivity contribution in [1.82, 2.24) is 34.7 Å². The average molecular weight is 480 g/mol. The van der Waals surface area contributed by atoms with Crippen LogP contribution in [-0.4, -0.2) is 34.7 Å². The van der Waals surface area contributed by atoms with E-state index in [0.717, 1.165) is 0 Å². The van der Waals surface area contributed by atoms with Crippen molar-refractivity contribution < 1.29 is 4.39 Å². The molecule has 0 aliphatic carbocycles. The topological polar surface area (TPSA) is 97.2 Å². The molecule has 0 saturated carbocycles. The van der Waals surface area contributed by atoms with Gasteiger partial charge < -0.3 is 9.97 Å². The molecule has 0 saturated heterocycles. The van der Waals surface area contributed by atoms with Gasteiger partial charge in [-0.05, 0) is 54.6 Å². The molecule has 162 valence electrons. The molecule has 0 bridgehead atoms. The van der Waals surface area contributed by atoms with Crippen molar-refractivity contribution in [3.05, 3.63) is 87.1 Å². The van der Waals surface area contributed by atoms with Crippen molar-refractivity contribution in [2.24, 2.45) is 0 Å². The molecule has 0 aliphatic rings. The molecular formula is C22H12Cl2FN7O.